The van der Waals surface area contributed by atoms with Gasteiger partial charge in [-0.1, -0.05) is 6.07 Å². The number of hydrogen-bond acceptors (Lipinski definition) is 4. The first kappa shape index (κ1) is 12.3. The number of hydrogen-bond donors (Lipinski definition) is 1. The zero-order valence-electron chi connectivity index (χ0n) is 10.0. The number of aromatic nitrogens is 2. The number of imidazole rings is 1. The lowest BCUT2D eigenvalue weighted by atomic mass is 10.4. The molecule has 0 fully saturated rings. The van der Waals surface area contributed by atoms with Crippen molar-refractivity contribution in [1.29, 1.82) is 0 Å². The summed E-state index contributed by atoms with van der Waals surface area (Å²) >= 11 is 1.79. The van der Waals surface area contributed by atoms with Crippen LogP contribution in [0.25, 0.3) is 0 Å². The van der Waals surface area contributed by atoms with E-state index in [-0.39, 0.29) is 0 Å². The fourth-order valence-electron chi connectivity index (χ4n) is 1.76. The molecule has 0 aromatic carbocycles. The van der Waals surface area contributed by atoms with E-state index in [9.17, 15) is 0 Å². The summed E-state index contributed by atoms with van der Waals surface area (Å²) in [7, 11) is 2.11. The summed E-state index contributed by atoms with van der Waals surface area (Å²) in [6, 6.07) is 4.25. The fourth-order valence-corrected chi connectivity index (χ4v) is 2.54. The van der Waals surface area contributed by atoms with Crippen LogP contribution in [0.4, 0.5) is 0 Å². The molecule has 0 atom stereocenters. The van der Waals surface area contributed by atoms with Gasteiger partial charge in [0, 0.05) is 37.3 Å². The third kappa shape index (κ3) is 3.66. The first-order valence-corrected chi connectivity index (χ1v) is 6.57. The molecule has 0 radical (unpaired) electrons. The lowest BCUT2D eigenvalue weighted by Gasteiger charge is -2.13. The summed E-state index contributed by atoms with van der Waals surface area (Å²) in [4.78, 5) is 8.02. The molecule has 2 N–H and O–H groups in total. The van der Waals surface area contributed by atoms with Gasteiger partial charge in [-0.15, -0.1) is 11.3 Å². The molecule has 0 spiro atoms. The summed E-state index contributed by atoms with van der Waals surface area (Å²) in [6.07, 6.45) is 3.92. The van der Waals surface area contributed by atoms with Gasteiger partial charge in [0.25, 0.3) is 0 Å². The van der Waals surface area contributed by atoms with Crippen LogP contribution < -0.4 is 5.73 Å². The molecule has 0 amide bonds. The minimum absolute atomic E-state index is 0.654. The van der Waals surface area contributed by atoms with Crippen LogP contribution in [0.3, 0.4) is 0 Å². The third-order valence-corrected chi connectivity index (χ3v) is 3.37. The SMILES string of the molecule is CN(Cc1cn(CCN)cn1)Cc1cccs1. The molecule has 17 heavy (non-hydrogen) atoms. The van der Waals surface area contributed by atoms with Gasteiger partial charge in [0.15, 0.2) is 0 Å². The maximum Gasteiger partial charge on any atom is 0.0950 e. The highest BCUT2D eigenvalue weighted by Gasteiger charge is 2.04. The predicted molar refractivity (Wildman–Crippen MR) is 70.8 cm³/mol. The molecule has 2 aromatic rings. The van der Waals surface area contributed by atoms with Crippen molar-refractivity contribution in [3.63, 3.8) is 0 Å². The molecule has 0 saturated carbocycles. The van der Waals surface area contributed by atoms with E-state index >= 15 is 0 Å². The standard InChI is InChI=1S/C12H18N4S/c1-15(9-12-3-2-6-17-12)7-11-8-16(5-4-13)10-14-11/h2-3,6,8,10H,4-5,7,9,13H2,1H3. The molecule has 2 rings (SSSR count). The topological polar surface area (TPSA) is 47.1 Å². The van der Waals surface area contributed by atoms with Crippen molar-refractivity contribution >= 4 is 11.3 Å². The van der Waals surface area contributed by atoms with Crippen LogP contribution in [0.5, 0.6) is 0 Å². The number of thiophene rings is 1. The Morgan fingerprint density at radius 1 is 1.47 bits per heavy atom. The van der Waals surface area contributed by atoms with Crippen LogP contribution in [-0.4, -0.2) is 28.0 Å². The van der Waals surface area contributed by atoms with Crippen molar-refractivity contribution in [2.75, 3.05) is 13.6 Å². The van der Waals surface area contributed by atoms with Crippen molar-refractivity contribution in [3.05, 3.63) is 40.6 Å². The molecule has 0 bridgehead atoms. The minimum atomic E-state index is 0.654. The molecule has 0 aliphatic rings. The predicted octanol–water partition coefficient (Wildman–Crippen LogP) is 1.54. The molecule has 0 aliphatic heterocycles. The van der Waals surface area contributed by atoms with Gasteiger partial charge in [0.05, 0.1) is 12.0 Å². The number of rotatable bonds is 6. The molecule has 0 unspecified atom stereocenters. The van der Waals surface area contributed by atoms with Gasteiger partial charge in [0.2, 0.25) is 0 Å². The number of nitrogens with zero attached hydrogens (tertiary/aromatic N) is 3. The van der Waals surface area contributed by atoms with Crippen molar-refractivity contribution in [1.82, 2.24) is 14.5 Å². The molecular weight excluding hydrogens is 232 g/mol. The monoisotopic (exact) mass is 250 g/mol. The Kier molecular flexibility index (Phi) is 4.30. The summed E-state index contributed by atoms with van der Waals surface area (Å²) < 4.78 is 2.04. The van der Waals surface area contributed by atoms with E-state index in [1.54, 1.807) is 11.3 Å². The maximum absolute atomic E-state index is 5.50. The van der Waals surface area contributed by atoms with E-state index < -0.39 is 0 Å². The second-order valence-electron chi connectivity index (χ2n) is 4.14. The number of nitrogens with two attached hydrogens (primary N) is 1. The van der Waals surface area contributed by atoms with Gasteiger partial charge in [-0.2, -0.15) is 0 Å². The molecule has 0 aliphatic carbocycles. The summed E-state index contributed by atoms with van der Waals surface area (Å²) in [6.45, 7) is 3.33. The van der Waals surface area contributed by atoms with E-state index in [1.807, 2.05) is 10.9 Å². The third-order valence-electron chi connectivity index (χ3n) is 2.51. The summed E-state index contributed by atoms with van der Waals surface area (Å²) in [5.41, 5.74) is 6.60. The van der Waals surface area contributed by atoms with Crippen molar-refractivity contribution < 1.29 is 0 Å². The van der Waals surface area contributed by atoms with Crippen LogP contribution >= 0.6 is 11.3 Å². The molecule has 5 heteroatoms. The Morgan fingerprint density at radius 2 is 2.35 bits per heavy atom. The molecule has 2 heterocycles. The van der Waals surface area contributed by atoms with Crippen molar-refractivity contribution in [2.24, 2.45) is 5.73 Å². The Morgan fingerprint density at radius 3 is 3.06 bits per heavy atom. The lowest BCUT2D eigenvalue weighted by Crippen LogP contribution is -2.16. The van der Waals surface area contributed by atoms with E-state index in [1.165, 1.54) is 4.88 Å². The van der Waals surface area contributed by atoms with Crippen molar-refractivity contribution in [2.45, 2.75) is 19.6 Å². The summed E-state index contributed by atoms with van der Waals surface area (Å²) in [5.74, 6) is 0. The summed E-state index contributed by atoms with van der Waals surface area (Å²) in [5, 5.41) is 2.11. The largest absolute Gasteiger partial charge is 0.336 e. The van der Waals surface area contributed by atoms with Crippen LogP contribution in [-0.2, 0) is 19.6 Å². The molecule has 92 valence electrons. The van der Waals surface area contributed by atoms with Crippen LogP contribution in [0.2, 0.25) is 0 Å². The highest BCUT2D eigenvalue weighted by molar-refractivity contribution is 7.09. The van der Waals surface area contributed by atoms with Gasteiger partial charge in [-0.05, 0) is 18.5 Å². The lowest BCUT2D eigenvalue weighted by molar-refractivity contribution is 0.318. The Bertz CT molecular complexity index is 435. The molecular formula is C12H18N4S. The minimum Gasteiger partial charge on any atom is -0.336 e. The molecule has 4 nitrogen and oxygen atoms in total. The van der Waals surface area contributed by atoms with E-state index in [0.717, 1.165) is 25.3 Å². The zero-order valence-corrected chi connectivity index (χ0v) is 10.9. The highest BCUT2D eigenvalue weighted by Crippen LogP contribution is 2.12. The molecule has 0 saturated heterocycles. The second kappa shape index (κ2) is 5.95. The van der Waals surface area contributed by atoms with Crippen molar-refractivity contribution in [3.8, 4) is 0 Å². The zero-order chi connectivity index (χ0) is 12.1. The normalized spacial score (nSPS) is 11.2. The van der Waals surface area contributed by atoms with Crippen LogP contribution in [0.15, 0.2) is 30.0 Å². The first-order chi connectivity index (χ1) is 8.28. The highest BCUT2D eigenvalue weighted by atomic mass is 32.1. The van der Waals surface area contributed by atoms with E-state index in [4.69, 9.17) is 5.73 Å². The van der Waals surface area contributed by atoms with Gasteiger partial charge in [-0.25, -0.2) is 4.98 Å². The smallest absolute Gasteiger partial charge is 0.0950 e. The van der Waals surface area contributed by atoms with Gasteiger partial charge in [0.1, 0.15) is 0 Å². The average Bonchev–Trinajstić information content (AvgIpc) is 2.91. The first-order valence-electron chi connectivity index (χ1n) is 5.69. The average molecular weight is 250 g/mol. The second-order valence-corrected chi connectivity index (χ2v) is 5.18. The quantitative estimate of drug-likeness (QED) is 0.846. The van der Waals surface area contributed by atoms with E-state index in [0.29, 0.717) is 6.54 Å². The Hall–Kier alpha value is -1.17. The van der Waals surface area contributed by atoms with Gasteiger partial charge < -0.3 is 10.3 Å². The van der Waals surface area contributed by atoms with Crippen LogP contribution in [0.1, 0.15) is 10.6 Å². The van der Waals surface area contributed by atoms with Crippen LogP contribution in [0, 0.1) is 0 Å². The fraction of sp³-hybridized carbons (Fsp3) is 0.417. The maximum atomic E-state index is 5.50. The Balaban J connectivity index is 1.86. The molecule has 2 aromatic heterocycles. The van der Waals surface area contributed by atoms with E-state index in [2.05, 4.69) is 40.6 Å². The van der Waals surface area contributed by atoms with Gasteiger partial charge >= 0.3 is 0 Å². The van der Waals surface area contributed by atoms with Gasteiger partial charge in [-0.3, -0.25) is 4.90 Å². The Labute approximate surface area is 106 Å².